The number of rotatable bonds is 16. The average Bonchev–Trinajstić information content (AvgIpc) is 1.60. The van der Waals surface area contributed by atoms with Crippen LogP contribution >= 0.6 is 68.6 Å². The molecule has 0 N–H and O–H groups in total. The van der Waals surface area contributed by atoms with Crippen LogP contribution in [-0.4, -0.2) is 179 Å². The van der Waals surface area contributed by atoms with Gasteiger partial charge in [-0.25, -0.2) is 32.2 Å². The number of para-hydroxylation sites is 4. The van der Waals surface area contributed by atoms with Crippen molar-refractivity contribution in [2.75, 3.05) is 13.1 Å². The molecule has 0 fully saturated rings. The predicted molar refractivity (Wildman–Crippen MR) is 652 cm³/mol. The molecule has 21 heterocycles. The van der Waals surface area contributed by atoms with Crippen LogP contribution in [0.15, 0.2) is 291 Å². The van der Waals surface area contributed by atoms with E-state index in [2.05, 4.69) is 522 Å². The van der Waals surface area contributed by atoms with Crippen molar-refractivity contribution in [3.8, 4) is 0 Å². The minimum Gasteiger partial charge on any atom is -0.288 e. The standard InChI is InChI=1S/C17H15NP.C16H13NP.C15H19NPSi.C13H13NP.C12H12N2P.C11H19N2Si.C11H18NP2.C10H16N2P.C9H14N2P.C8H11N2/c1-13-15-9-5-6-10-16(15)17-11-18(12-19(13)17)14-7-3-2-4-8-14;1-2-7-14(8-3-1)17-11-15-10-13-6-4-5-9-16(13)18(15)12-17;1-18(2,3)15-10-9-14-11-16(12-17(14)15)13-7-5-4-6-8-13;1-11-7-8-13-9-14(10-15(11)13)12-5-3-2-4-6-12;1-10-5-6-11-8-14(9-15(10)11)12-4-2-3-7-13-12;1-5-12-8-10-6-7-11(13(10)9-12)14(2,3)4;1-4-10(5-2)12-6-11-7-13-9(3)14(11)8-12;1-3-4-9(2)12-7-10-5-6-11-13(10)8-12;1-7(2)11-5-9-4-10-8(3)12(9)6-11;1-2-9-6-8-4-3-5-10(8)7-9/h2-11H,12H2,1H3;1-11H,12H2;4-11H,12H2,1-3H3;2-9H,10H2,1H3;2-8H,9H2,1H3;6-8H,5,9H2,1-4H3;6-7,10H,4-5,8H2,1-3H3;5-7,9H,3-4,8H2,1-2H3;4-5,7H,6H2,1-3H3;3-6H,2,7H2,1H3/q10*+1. The Morgan fingerprint density at radius 2 is 0.926 bits per heavy atom. The SMILES string of the molecule is C1=[N+](c2ccccc2)Cp2c1cc1ccccc12.CCC(CC)[N+]1=Cc2cpc(C)p2C1.CCCC(C)[N+]1=Cc2ccnp2C1.CC[N+]1=Cc2ccc([Si](C)(C)C)n2C1.CC[N+]1=Cc2cccn2C1.C[Si](C)(C)c1ccc2p1C[N+](c1ccccc1)=C2.Cc1c2ccccc2c2p1C[N+](c1ccccc1)=C2.Cc1ccc2p1C[N+](c1ccccc1)=C2.Cc1ccc2p1C[N+](c1ccccn1)=C2.Cc1ncc2p1C[N+](C(C)C)=C2. The maximum Gasteiger partial charge on any atom is 0.323 e. The Balaban J connectivity index is 0.000000108. The van der Waals surface area contributed by atoms with Gasteiger partial charge in [0, 0.05) is 113 Å². The van der Waals surface area contributed by atoms with Gasteiger partial charge in [0.05, 0.1) is 66.3 Å². The van der Waals surface area contributed by atoms with Gasteiger partial charge in [-0.3, -0.25) is 14.1 Å². The van der Waals surface area contributed by atoms with E-state index in [4.69, 9.17) is 0 Å². The van der Waals surface area contributed by atoms with E-state index >= 15 is 0 Å². The van der Waals surface area contributed by atoms with Crippen LogP contribution in [0.4, 0.5) is 28.6 Å². The summed E-state index contributed by atoms with van der Waals surface area (Å²) in [6.45, 7) is 48.1. The zero-order chi connectivity index (χ0) is 103. The van der Waals surface area contributed by atoms with Gasteiger partial charge >= 0.3 is 5.82 Å². The van der Waals surface area contributed by atoms with Crippen LogP contribution in [0.5, 0.6) is 0 Å². The molecule has 9 atom stereocenters. The second-order valence-electron chi connectivity index (χ2n) is 41.9. The predicted octanol–water partition coefficient (Wildman–Crippen LogP) is 31.6. The summed E-state index contributed by atoms with van der Waals surface area (Å²) in [5, 5.41) is 25.9. The number of fused-ring (bicyclic) bond motifs is 14. The molecule has 6 aromatic carbocycles. The van der Waals surface area contributed by atoms with Crippen LogP contribution in [0.25, 0.3) is 21.3 Å². The third-order valence-electron chi connectivity index (χ3n) is 29.4. The van der Waals surface area contributed by atoms with Crippen LogP contribution in [0.3, 0.4) is 0 Å². The van der Waals surface area contributed by atoms with Gasteiger partial charge in [-0.1, -0.05) is 221 Å². The Bertz CT molecular complexity index is 7810. The van der Waals surface area contributed by atoms with E-state index in [1.165, 1.54) is 145 Å². The molecule has 9 unspecified atom stereocenters. The highest BCUT2D eigenvalue weighted by molar-refractivity contribution is 7.61. The van der Waals surface area contributed by atoms with Gasteiger partial charge in [0.25, 0.3) is 0 Å². The number of aromatic nitrogens is 5. The second-order valence-corrected chi connectivity index (χ2v) is 71.7. The third kappa shape index (κ3) is 25.0. The van der Waals surface area contributed by atoms with Crippen molar-refractivity contribution in [1.29, 1.82) is 0 Å². The van der Waals surface area contributed by atoms with Crippen LogP contribution in [0.1, 0.15) is 161 Å². The quantitative estimate of drug-likeness (QED) is 0.0714. The van der Waals surface area contributed by atoms with Gasteiger partial charge in [0.1, 0.15) is 49.2 Å². The Morgan fingerprint density at radius 1 is 0.392 bits per heavy atom. The van der Waals surface area contributed by atoms with Crippen LogP contribution < -0.4 is 10.2 Å². The first-order valence-electron chi connectivity index (χ1n) is 53.0. The molecule has 756 valence electrons. The molecule has 148 heavy (non-hydrogen) atoms. The Morgan fingerprint density at radius 3 is 1.50 bits per heavy atom. The molecule has 10 aliphatic rings. The van der Waals surface area contributed by atoms with Gasteiger partial charge in [-0.15, -0.1) is 0 Å². The molecule has 10 aliphatic heterocycles. The van der Waals surface area contributed by atoms with Gasteiger partial charge < -0.3 is 0 Å². The lowest BCUT2D eigenvalue weighted by molar-refractivity contribution is -0.564. The minimum absolute atomic E-state index is 0.0246. The molecule has 17 aromatic rings. The van der Waals surface area contributed by atoms with Crippen molar-refractivity contribution in [1.82, 2.24) is 23.8 Å². The Hall–Kier alpha value is -10.8. The first-order valence-corrected chi connectivity index (χ1v) is 73.1. The van der Waals surface area contributed by atoms with Crippen LogP contribution in [0, 0.1) is 34.6 Å². The number of benzene rings is 6. The summed E-state index contributed by atoms with van der Waals surface area (Å²) >= 11 is 0. The fourth-order valence-corrected chi connectivity index (χ4v) is 45.8. The molecule has 11 aromatic heterocycles. The summed E-state index contributed by atoms with van der Waals surface area (Å²) in [7, 11) is -1.38. The monoisotopic (exact) mass is 2160 g/mol. The fourth-order valence-electron chi connectivity index (χ4n) is 20.7. The minimum atomic E-state index is -1.16. The van der Waals surface area contributed by atoms with Crippen molar-refractivity contribution < 1.29 is 45.8 Å². The Labute approximate surface area is 891 Å². The van der Waals surface area contributed by atoms with Gasteiger partial charge in [-0.2, -0.15) is 18.3 Å². The fraction of sp³-hybridized carbons (Fsp3) is 0.311. The summed E-state index contributed by atoms with van der Waals surface area (Å²) in [6.07, 6.45) is 45.4. The van der Waals surface area contributed by atoms with E-state index in [1.807, 2.05) is 30.7 Å². The van der Waals surface area contributed by atoms with Gasteiger partial charge in [0.15, 0.2) is 112 Å². The topological polar surface area (TPSA) is 78.6 Å². The molecule has 0 amide bonds. The summed E-state index contributed by atoms with van der Waals surface area (Å²) in [6, 6.07) is 95.5. The number of pyridine rings is 1. The van der Waals surface area contributed by atoms with E-state index < -0.39 is 16.1 Å². The van der Waals surface area contributed by atoms with Crippen molar-refractivity contribution in [3.63, 3.8) is 0 Å². The summed E-state index contributed by atoms with van der Waals surface area (Å²) in [5.74, 6) is 3.46. The van der Waals surface area contributed by atoms with E-state index in [-0.39, 0.29) is 60.4 Å². The number of hydrogen-bond acceptors (Lipinski definition) is 3. The number of hydrogen-bond donors (Lipinski definition) is 0. The number of aryl methyl sites for hydroxylation is 5. The third-order valence-corrected chi connectivity index (χ3v) is 56.6. The zero-order valence-corrected chi connectivity index (χ0v) is 100. The van der Waals surface area contributed by atoms with Crippen molar-refractivity contribution in [2.24, 2.45) is 0 Å². The molecular weight excluding hydrogens is 2010 g/mol. The smallest absolute Gasteiger partial charge is 0.288 e. The molecule has 27 rings (SSSR count). The molecule has 0 bridgehead atoms. The molecular formula is C122H150N15P9Si2+10. The molecule has 0 radical (unpaired) electrons. The highest BCUT2D eigenvalue weighted by Gasteiger charge is 2.35. The molecule has 0 aliphatic carbocycles. The van der Waals surface area contributed by atoms with Crippen molar-refractivity contribution >= 4 is 207 Å². The largest absolute Gasteiger partial charge is 0.323 e. The second kappa shape index (κ2) is 48.7. The molecule has 0 spiro atoms. The summed E-state index contributed by atoms with van der Waals surface area (Å²) in [4.78, 5) is 10.5. The van der Waals surface area contributed by atoms with Gasteiger partial charge in [-0.05, 0) is 229 Å². The van der Waals surface area contributed by atoms with E-state index in [9.17, 15) is 0 Å². The lowest BCUT2D eigenvalue weighted by Crippen LogP contribution is -2.43. The van der Waals surface area contributed by atoms with Crippen LogP contribution in [0.2, 0.25) is 39.3 Å². The van der Waals surface area contributed by atoms with E-state index in [0.29, 0.717) is 12.1 Å². The zero-order valence-electron chi connectivity index (χ0n) is 90.3. The first-order chi connectivity index (χ1) is 71.7. The van der Waals surface area contributed by atoms with E-state index in [1.54, 1.807) is 41.7 Å². The van der Waals surface area contributed by atoms with Crippen molar-refractivity contribution in [2.45, 2.75) is 237 Å². The lowest BCUT2D eigenvalue weighted by atomic mass is 10.1. The number of nitrogens with zero attached hydrogens (tertiary/aromatic N) is 15. The molecule has 0 saturated heterocycles. The maximum atomic E-state index is 4.46. The average molecular weight is 2160 g/mol. The summed E-state index contributed by atoms with van der Waals surface area (Å²) < 4.78 is 33.1. The molecule has 15 nitrogen and oxygen atoms in total. The highest BCUT2D eigenvalue weighted by atomic mass is 31.1. The lowest BCUT2D eigenvalue weighted by Gasteiger charge is -2.17. The Kier molecular flexibility index (Phi) is 35.2. The van der Waals surface area contributed by atoms with E-state index in [0.717, 1.165) is 69.7 Å². The normalized spacial score (nSPS) is 15.6. The first kappa shape index (κ1) is 107. The molecule has 0 saturated carbocycles. The van der Waals surface area contributed by atoms with Crippen molar-refractivity contribution in [3.05, 3.63) is 372 Å². The maximum absolute atomic E-state index is 4.46. The van der Waals surface area contributed by atoms with Crippen LogP contribution in [-0.2, 0) is 63.6 Å². The van der Waals surface area contributed by atoms with Gasteiger partial charge in [0.2, 0.25) is 36.1 Å². The highest BCUT2D eigenvalue weighted by Crippen LogP contribution is 2.53. The molecule has 26 heteroatoms. The summed E-state index contributed by atoms with van der Waals surface area (Å²) in [5.41, 5.74) is 9.27.